The fraction of sp³-hybridized carbons (Fsp3) is 0.913. The van der Waals surface area contributed by atoms with Crippen LogP contribution in [0.1, 0.15) is 85.5 Å². The lowest BCUT2D eigenvalue weighted by atomic mass is 9.44. The molecule has 152 valence electrons. The van der Waals surface area contributed by atoms with E-state index in [4.69, 9.17) is 4.74 Å². The Morgan fingerprint density at radius 2 is 1.59 bits per heavy atom. The summed E-state index contributed by atoms with van der Waals surface area (Å²) in [7, 11) is 0. The second-order valence-electron chi connectivity index (χ2n) is 10.6. The molecule has 0 aromatic heterocycles. The summed E-state index contributed by atoms with van der Waals surface area (Å²) in [6.45, 7) is 7.77. The molecular formula is C23H36O4. The number of carbonyl (C=O) groups excluding carboxylic acids is 2. The van der Waals surface area contributed by atoms with Gasteiger partial charge in [0.25, 0.3) is 0 Å². The summed E-state index contributed by atoms with van der Waals surface area (Å²) >= 11 is 0. The number of fused-ring (bicyclic) bond motifs is 5. The second kappa shape index (κ2) is 6.30. The number of carbonyl (C=O) groups is 2. The minimum Gasteiger partial charge on any atom is -0.451 e. The first-order valence-electron chi connectivity index (χ1n) is 11.0. The molecule has 0 aromatic rings. The average molecular weight is 377 g/mol. The van der Waals surface area contributed by atoms with Gasteiger partial charge in [0, 0.05) is 6.92 Å². The molecule has 0 radical (unpaired) electrons. The van der Waals surface area contributed by atoms with Crippen LogP contribution in [-0.2, 0) is 14.3 Å². The van der Waals surface area contributed by atoms with Crippen molar-refractivity contribution in [3.8, 4) is 0 Å². The number of aliphatic hydroxyl groups excluding tert-OH is 1. The third-order valence-electron chi connectivity index (χ3n) is 9.64. The molecule has 0 saturated heterocycles. The fourth-order valence-electron chi connectivity index (χ4n) is 7.96. The van der Waals surface area contributed by atoms with Crippen molar-refractivity contribution in [2.45, 2.75) is 97.2 Å². The quantitative estimate of drug-likeness (QED) is 0.731. The lowest BCUT2D eigenvalue weighted by Gasteiger charge is -2.61. The van der Waals surface area contributed by atoms with Crippen LogP contribution in [0.25, 0.3) is 0 Å². The number of hydrogen-bond acceptors (Lipinski definition) is 4. The zero-order valence-corrected chi connectivity index (χ0v) is 17.4. The summed E-state index contributed by atoms with van der Waals surface area (Å²) in [4.78, 5) is 24.1. The van der Waals surface area contributed by atoms with Gasteiger partial charge in [-0.15, -0.1) is 0 Å². The maximum Gasteiger partial charge on any atom is 0.303 e. The number of esters is 1. The van der Waals surface area contributed by atoms with Gasteiger partial charge in [-0.05, 0) is 99.2 Å². The van der Waals surface area contributed by atoms with E-state index in [0.717, 1.165) is 25.7 Å². The lowest BCUT2D eigenvalue weighted by molar-refractivity contribution is -0.187. The summed E-state index contributed by atoms with van der Waals surface area (Å²) in [5.41, 5.74) is -0.549. The van der Waals surface area contributed by atoms with Crippen LogP contribution in [0.4, 0.5) is 0 Å². The van der Waals surface area contributed by atoms with Gasteiger partial charge in [-0.25, -0.2) is 0 Å². The van der Waals surface area contributed by atoms with Gasteiger partial charge < -0.3 is 9.84 Å². The molecule has 27 heavy (non-hydrogen) atoms. The highest BCUT2D eigenvalue weighted by atomic mass is 16.6. The van der Waals surface area contributed by atoms with Crippen LogP contribution in [0.15, 0.2) is 0 Å². The van der Waals surface area contributed by atoms with Crippen molar-refractivity contribution >= 4 is 11.8 Å². The largest absolute Gasteiger partial charge is 0.451 e. The van der Waals surface area contributed by atoms with Gasteiger partial charge in [0.1, 0.15) is 0 Å². The zero-order chi connectivity index (χ0) is 19.6. The van der Waals surface area contributed by atoms with Crippen molar-refractivity contribution in [1.29, 1.82) is 0 Å². The first-order valence-corrected chi connectivity index (χ1v) is 11.0. The Kier molecular flexibility index (Phi) is 4.53. The van der Waals surface area contributed by atoms with Crippen LogP contribution in [0.3, 0.4) is 0 Å². The maximum atomic E-state index is 12.4. The van der Waals surface area contributed by atoms with Gasteiger partial charge >= 0.3 is 5.97 Å². The second-order valence-corrected chi connectivity index (χ2v) is 10.6. The molecule has 0 bridgehead atoms. The predicted molar refractivity (Wildman–Crippen MR) is 103 cm³/mol. The Balaban J connectivity index is 1.59. The molecule has 4 aliphatic carbocycles. The molecule has 0 unspecified atom stereocenters. The summed E-state index contributed by atoms with van der Waals surface area (Å²) in [6, 6.07) is 0. The van der Waals surface area contributed by atoms with Gasteiger partial charge in [0.2, 0.25) is 0 Å². The molecule has 1 N–H and O–H groups in total. The van der Waals surface area contributed by atoms with Crippen LogP contribution < -0.4 is 0 Å². The topological polar surface area (TPSA) is 63.6 Å². The Labute approximate surface area is 163 Å². The molecule has 4 aliphatic rings. The first-order chi connectivity index (χ1) is 12.6. The van der Waals surface area contributed by atoms with Crippen molar-refractivity contribution in [2.75, 3.05) is 0 Å². The van der Waals surface area contributed by atoms with E-state index >= 15 is 0 Å². The summed E-state index contributed by atoms with van der Waals surface area (Å²) in [5.74, 6) is 2.17. The van der Waals surface area contributed by atoms with Gasteiger partial charge in [0.15, 0.2) is 11.4 Å². The number of aliphatic hydroxyl groups is 1. The molecule has 4 saturated carbocycles. The highest BCUT2D eigenvalue weighted by Crippen LogP contribution is 2.67. The van der Waals surface area contributed by atoms with Crippen molar-refractivity contribution in [1.82, 2.24) is 0 Å². The normalized spacial score (nSPS) is 51.7. The van der Waals surface area contributed by atoms with Crippen molar-refractivity contribution < 1.29 is 19.4 Å². The lowest BCUT2D eigenvalue weighted by Crippen LogP contribution is -2.58. The minimum absolute atomic E-state index is 0.0111. The molecule has 4 fully saturated rings. The van der Waals surface area contributed by atoms with E-state index in [-0.39, 0.29) is 28.7 Å². The Bertz CT molecular complexity index is 644. The van der Waals surface area contributed by atoms with Gasteiger partial charge in [-0.1, -0.05) is 13.8 Å². The monoisotopic (exact) mass is 376 g/mol. The third-order valence-corrected chi connectivity index (χ3v) is 9.64. The van der Waals surface area contributed by atoms with Gasteiger partial charge in [-0.3, -0.25) is 9.59 Å². The van der Waals surface area contributed by atoms with E-state index in [1.807, 2.05) is 0 Å². The third kappa shape index (κ3) is 2.73. The number of ketones is 1. The number of ether oxygens (including phenoxy) is 1. The maximum absolute atomic E-state index is 12.4. The van der Waals surface area contributed by atoms with E-state index in [0.29, 0.717) is 36.5 Å². The van der Waals surface area contributed by atoms with E-state index in [1.165, 1.54) is 26.2 Å². The van der Waals surface area contributed by atoms with Crippen LogP contribution in [0.5, 0.6) is 0 Å². The zero-order valence-electron chi connectivity index (χ0n) is 17.4. The molecule has 0 heterocycles. The predicted octanol–water partition coefficient (Wildman–Crippen LogP) is 4.28. The minimum atomic E-state index is -0.893. The highest BCUT2D eigenvalue weighted by molar-refractivity contribution is 5.87. The SMILES string of the molecule is CC(=O)O[C@]1(C(C)=O)CC[C@@]2(C)[C@@H](CC[C@@H]3[C@H]2CC[C@@]2(C)[C@@H]3CC[C@@H]2O)C1. The van der Waals surface area contributed by atoms with Gasteiger partial charge in [0.05, 0.1) is 6.10 Å². The Morgan fingerprint density at radius 3 is 2.26 bits per heavy atom. The van der Waals surface area contributed by atoms with Crippen LogP contribution in [0, 0.1) is 34.5 Å². The molecule has 4 heteroatoms. The molecule has 0 spiro atoms. The van der Waals surface area contributed by atoms with E-state index in [2.05, 4.69) is 13.8 Å². The molecular weight excluding hydrogens is 340 g/mol. The van der Waals surface area contributed by atoms with E-state index < -0.39 is 5.60 Å². The van der Waals surface area contributed by atoms with Gasteiger partial charge in [-0.2, -0.15) is 0 Å². The average Bonchev–Trinajstić information content (AvgIpc) is 2.90. The number of hydrogen-bond donors (Lipinski definition) is 1. The summed E-state index contributed by atoms with van der Waals surface area (Å²) in [5, 5.41) is 10.6. The van der Waals surface area contributed by atoms with Crippen LogP contribution >= 0.6 is 0 Å². The number of Topliss-reactive ketones (excluding diaryl/α,β-unsaturated/α-hetero) is 1. The first kappa shape index (κ1) is 19.4. The fourth-order valence-corrected chi connectivity index (χ4v) is 7.96. The number of rotatable bonds is 2. The molecule has 0 amide bonds. The van der Waals surface area contributed by atoms with E-state index in [1.54, 1.807) is 6.92 Å². The van der Waals surface area contributed by atoms with Crippen molar-refractivity contribution in [3.05, 3.63) is 0 Å². The highest BCUT2D eigenvalue weighted by Gasteiger charge is 2.62. The summed E-state index contributed by atoms with van der Waals surface area (Å²) in [6.07, 6.45) is 8.99. The Hall–Kier alpha value is -0.900. The molecule has 8 atom stereocenters. The van der Waals surface area contributed by atoms with Crippen molar-refractivity contribution in [2.24, 2.45) is 34.5 Å². The molecule has 4 nitrogen and oxygen atoms in total. The van der Waals surface area contributed by atoms with Crippen LogP contribution in [0.2, 0.25) is 0 Å². The smallest absolute Gasteiger partial charge is 0.303 e. The summed E-state index contributed by atoms with van der Waals surface area (Å²) < 4.78 is 5.65. The molecule has 4 rings (SSSR count). The van der Waals surface area contributed by atoms with E-state index in [9.17, 15) is 14.7 Å². The van der Waals surface area contributed by atoms with Crippen LogP contribution in [-0.4, -0.2) is 28.6 Å². The standard InChI is InChI=1S/C23H36O4/c1-14(24)23(27-15(2)25)12-11-21(3)16(13-23)5-6-17-18-7-8-20(26)22(18,4)10-9-19(17)21/h16-20,26H,5-13H2,1-4H3/t16-,17-,18+,19+,20-,21-,22-,23+/m0/s1. The Morgan fingerprint density at radius 1 is 0.889 bits per heavy atom. The molecule has 0 aliphatic heterocycles. The molecule has 0 aromatic carbocycles. The van der Waals surface area contributed by atoms with Crippen molar-refractivity contribution in [3.63, 3.8) is 0 Å².